The maximum absolute atomic E-state index is 7.21. The van der Waals surface area contributed by atoms with Crippen LogP contribution in [0.25, 0.3) is 66.4 Å². The summed E-state index contributed by atoms with van der Waals surface area (Å²) in [5.41, 5.74) is 20.5. The van der Waals surface area contributed by atoms with Crippen molar-refractivity contribution < 1.29 is 4.74 Å². The molecule has 9 aromatic rings. The molecule has 1 heterocycles. The van der Waals surface area contributed by atoms with Gasteiger partial charge in [0.25, 0.3) is 0 Å². The lowest BCUT2D eigenvalue weighted by Crippen LogP contribution is -2.18. The first-order chi connectivity index (χ1) is 29.3. The molecule has 3 aliphatic rings. The van der Waals surface area contributed by atoms with E-state index in [0.29, 0.717) is 0 Å². The zero-order valence-electron chi connectivity index (χ0n) is 34.3. The van der Waals surface area contributed by atoms with E-state index in [4.69, 9.17) is 4.74 Å². The highest BCUT2D eigenvalue weighted by Gasteiger charge is 2.38. The van der Waals surface area contributed by atoms with Gasteiger partial charge in [0.2, 0.25) is 0 Å². The van der Waals surface area contributed by atoms with Crippen LogP contribution in [0.15, 0.2) is 188 Å². The average Bonchev–Trinajstić information content (AvgIpc) is 3.58. The fourth-order valence-electron chi connectivity index (χ4n) is 10.6. The van der Waals surface area contributed by atoms with Crippen LogP contribution in [0.4, 0.5) is 17.1 Å². The van der Waals surface area contributed by atoms with Gasteiger partial charge in [0.1, 0.15) is 11.5 Å². The van der Waals surface area contributed by atoms with Crippen LogP contribution >= 0.6 is 0 Å². The quantitative estimate of drug-likeness (QED) is 0.177. The zero-order chi connectivity index (χ0) is 40.3. The third-order valence-corrected chi connectivity index (χ3v) is 13.7. The second-order valence-corrected chi connectivity index (χ2v) is 17.7. The highest BCUT2D eigenvalue weighted by Crippen LogP contribution is 2.55. The molecule has 2 heteroatoms. The molecule has 2 aliphatic carbocycles. The van der Waals surface area contributed by atoms with E-state index in [1.54, 1.807) is 0 Å². The Labute approximate surface area is 352 Å². The molecule has 60 heavy (non-hydrogen) atoms. The molecule has 0 aromatic heterocycles. The molecule has 9 aromatic carbocycles. The van der Waals surface area contributed by atoms with Crippen molar-refractivity contribution in [3.8, 4) is 67.1 Å². The van der Waals surface area contributed by atoms with Gasteiger partial charge in [0.15, 0.2) is 0 Å². The number of benzene rings is 9. The summed E-state index contributed by atoms with van der Waals surface area (Å²) in [7, 11) is 0. The molecule has 0 amide bonds. The first kappa shape index (κ1) is 34.8. The zero-order valence-corrected chi connectivity index (χ0v) is 34.3. The maximum atomic E-state index is 7.21. The van der Waals surface area contributed by atoms with Crippen molar-refractivity contribution >= 4 is 27.8 Å². The normalized spacial score (nSPS) is 14.4. The summed E-state index contributed by atoms with van der Waals surface area (Å²) >= 11 is 0. The van der Waals surface area contributed by atoms with Crippen LogP contribution in [0.5, 0.6) is 11.5 Å². The van der Waals surface area contributed by atoms with Crippen molar-refractivity contribution in [3.05, 3.63) is 210 Å². The Balaban J connectivity index is 1.08. The van der Waals surface area contributed by atoms with Gasteiger partial charge < -0.3 is 9.64 Å². The number of rotatable bonds is 4. The SMILES string of the molecule is CC1(C)c2ccccc2-c2ccc(N(c3ccc4c(c3)Oc3cccc(-c5ccccc5)c3-c3cc5ccccc5cc3-4)c3ccc4c(c3)C(C)(C)c3ccccc3-4)cc21. The fraction of sp³-hybridized carbons (Fsp3) is 0.103. The molecule has 0 bridgehead atoms. The minimum Gasteiger partial charge on any atom is -0.456 e. The first-order valence-corrected chi connectivity index (χ1v) is 21.1. The molecule has 0 saturated carbocycles. The van der Waals surface area contributed by atoms with Crippen molar-refractivity contribution in [3.63, 3.8) is 0 Å². The maximum Gasteiger partial charge on any atom is 0.137 e. The minimum atomic E-state index is -0.140. The lowest BCUT2D eigenvalue weighted by molar-refractivity contribution is 0.488. The fourth-order valence-corrected chi connectivity index (χ4v) is 10.6. The number of hydrogen-bond acceptors (Lipinski definition) is 2. The molecule has 0 spiro atoms. The predicted octanol–water partition coefficient (Wildman–Crippen LogP) is 16.0. The van der Waals surface area contributed by atoms with E-state index in [9.17, 15) is 0 Å². The van der Waals surface area contributed by atoms with E-state index in [1.165, 1.54) is 66.4 Å². The van der Waals surface area contributed by atoms with Crippen molar-refractivity contribution in [1.82, 2.24) is 0 Å². The molecule has 0 atom stereocenters. The highest BCUT2D eigenvalue weighted by atomic mass is 16.5. The second-order valence-electron chi connectivity index (χ2n) is 17.7. The number of fused-ring (bicyclic) bond motifs is 12. The van der Waals surface area contributed by atoms with E-state index in [-0.39, 0.29) is 10.8 Å². The van der Waals surface area contributed by atoms with Crippen LogP contribution in [0.1, 0.15) is 49.9 Å². The van der Waals surface area contributed by atoms with Gasteiger partial charge in [0, 0.05) is 45.1 Å². The van der Waals surface area contributed by atoms with Crippen molar-refractivity contribution in [2.24, 2.45) is 0 Å². The molecule has 286 valence electrons. The topological polar surface area (TPSA) is 12.5 Å². The van der Waals surface area contributed by atoms with Gasteiger partial charge in [-0.05, 0) is 132 Å². The van der Waals surface area contributed by atoms with Gasteiger partial charge in [0.05, 0.1) is 0 Å². The lowest BCUT2D eigenvalue weighted by Gasteiger charge is -2.30. The van der Waals surface area contributed by atoms with Crippen molar-refractivity contribution in [2.75, 3.05) is 4.90 Å². The summed E-state index contributed by atoms with van der Waals surface area (Å²) in [6.07, 6.45) is 0. The summed E-state index contributed by atoms with van der Waals surface area (Å²) < 4.78 is 7.21. The Morgan fingerprint density at radius 3 is 1.43 bits per heavy atom. The largest absolute Gasteiger partial charge is 0.456 e. The molecule has 0 N–H and O–H groups in total. The molecule has 0 fully saturated rings. The van der Waals surface area contributed by atoms with Gasteiger partial charge in [-0.1, -0.05) is 155 Å². The van der Waals surface area contributed by atoms with Gasteiger partial charge in [-0.15, -0.1) is 0 Å². The molecular weight excluding hydrogens is 727 g/mol. The summed E-state index contributed by atoms with van der Waals surface area (Å²) in [4.78, 5) is 2.44. The number of anilines is 3. The Morgan fingerprint density at radius 2 is 0.817 bits per heavy atom. The Morgan fingerprint density at radius 1 is 0.333 bits per heavy atom. The molecule has 0 radical (unpaired) electrons. The number of ether oxygens (including phenoxy) is 1. The molecule has 0 saturated heterocycles. The number of nitrogens with zero attached hydrogens (tertiary/aromatic N) is 1. The molecule has 12 rings (SSSR count). The summed E-state index contributed by atoms with van der Waals surface area (Å²) in [5, 5.41) is 2.41. The molecule has 0 unspecified atom stereocenters. The summed E-state index contributed by atoms with van der Waals surface area (Å²) in [5.74, 6) is 1.69. The molecule has 1 aliphatic heterocycles. The predicted molar refractivity (Wildman–Crippen MR) is 250 cm³/mol. The van der Waals surface area contributed by atoms with E-state index in [2.05, 4.69) is 221 Å². The third kappa shape index (κ3) is 5.01. The van der Waals surface area contributed by atoms with Gasteiger partial charge >= 0.3 is 0 Å². The average molecular weight is 770 g/mol. The Bertz CT molecular complexity index is 3140. The summed E-state index contributed by atoms with van der Waals surface area (Å²) in [6.45, 7) is 9.44. The van der Waals surface area contributed by atoms with Gasteiger partial charge in [-0.3, -0.25) is 0 Å². The van der Waals surface area contributed by atoms with E-state index in [1.807, 2.05) is 0 Å². The van der Waals surface area contributed by atoms with Crippen LogP contribution in [0.3, 0.4) is 0 Å². The molecular formula is C58H43NO. The van der Waals surface area contributed by atoms with Crippen molar-refractivity contribution in [1.29, 1.82) is 0 Å². The Kier molecular flexibility index (Phi) is 7.36. The first-order valence-electron chi connectivity index (χ1n) is 21.1. The third-order valence-electron chi connectivity index (χ3n) is 13.7. The highest BCUT2D eigenvalue weighted by molar-refractivity contribution is 6.04. The van der Waals surface area contributed by atoms with Crippen molar-refractivity contribution in [2.45, 2.75) is 38.5 Å². The monoisotopic (exact) mass is 769 g/mol. The van der Waals surface area contributed by atoms with Crippen LogP contribution < -0.4 is 9.64 Å². The smallest absolute Gasteiger partial charge is 0.137 e. The van der Waals surface area contributed by atoms with Crippen LogP contribution in [0.2, 0.25) is 0 Å². The molecule has 2 nitrogen and oxygen atoms in total. The van der Waals surface area contributed by atoms with E-state index >= 15 is 0 Å². The standard InChI is InChI=1S/C58H43NO/c1-57(2)50-22-12-10-19-43(50)45-28-25-39(33-52(45)57)59(40-26-29-46-44-20-11-13-23-51(44)58(3,4)53(46)34-40)41-27-30-47-48-31-37-17-8-9-18-38(37)32-49(48)56-42(36-15-6-5-7-16-36)21-14-24-54(56)60-55(47)35-41/h5-35H,1-4H3. The van der Waals surface area contributed by atoms with E-state index in [0.717, 1.165) is 50.8 Å². The van der Waals surface area contributed by atoms with Crippen LogP contribution in [-0.2, 0) is 10.8 Å². The minimum absolute atomic E-state index is 0.140. The second kappa shape index (κ2) is 12.7. The Hall–Kier alpha value is -7.16. The van der Waals surface area contributed by atoms with Crippen LogP contribution in [0, 0.1) is 0 Å². The van der Waals surface area contributed by atoms with E-state index < -0.39 is 0 Å². The number of hydrogen-bond donors (Lipinski definition) is 0. The lowest BCUT2D eigenvalue weighted by atomic mass is 9.82. The van der Waals surface area contributed by atoms with Crippen LogP contribution in [-0.4, -0.2) is 0 Å². The van der Waals surface area contributed by atoms with Gasteiger partial charge in [-0.25, -0.2) is 0 Å². The van der Waals surface area contributed by atoms with Gasteiger partial charge in [-0.2, -0.15) is 0 Å². The summed E-state index contributed by atoms with van der Waals surface area (Å²) in [6, 6.07) is 69.3.